The molecule has 27 heavy (non-hydrogen) atoms. The number of halogens is 3. The Morgan fingerprint density at radius 1 is 1.30 bits per heavy atom. The monoisotopic (exact) mass is 395 g/mol. The Labute approximate surface area is 156 Å². The maximum Gasteiger partial charge on any atom is 0.433 e. The molecule has 4 heterocycles. The summed E-state index contributed by atoms with van der Waals surface area (Å²) in [6.07, 6.45) is -1.97. The van der Waals surface area contributed by atoms with Crippen LogP contribution in [0.4, 0.5) is 13.2 Å². The van der Waals surface area contributed by atoms with Gasteiger partial charge in [0.25, 0.3) is 5.78 Å². The quantitative estimate of drug-likeness (QED) is 0.684. The van der Waals surface area contributed by atoms with E-state index in [-0.39, 0.29) is 17.6 Å². The van der Waals surface area contributed by atoms with Gasteiger partial charge in [-0.1, -0.05) is 0 Å². The first-order chi connectivity index (χ1) is 12.9. The number of alkyl halides is 3. The zero-order valence-corrected chi connectivity index (χ0v) is 15.0. The van der Waals surface area contributed by atoms with Crippen LogP contribution >= 0.6 is 11.3 Å². The van der Waals surface area contributed by atoms with Crippen molar-refractivity contribution in [2.45, 2.75) is 31.4 Å². The molecule has 0 atom stereocenters. The molecule has 6 nitrogen and oxygen atoms in total. The number of rotatable bonds is 3. The van der Waals surface area contributed by atoms with Gasteiger partial charge in [-0.25, -0.2) is 4.98 Å². The first kappa shape index (κ1) is 17.9. The Kier molecular flexibility index (Phi) is 4.58. The summed E-state index contributed by atoms with van der Waals surface area (Å²) in [6.45, 7) is 1.02. The van der Waals surface area contributed by atoms with Crippen LogP contribution in [0.25, 0.3) is 5.78 Å². The molecule has 0 spiro atoms. The van der Waals surface area contributed by atoms with Gasteiger partial charge in [0.15, 0.2) is 5.69 Å². The van der Waals surface area contributed by atoms with Crippen LogP contribution < -0.4 is 0 Å². The van der Waals surface area contributed by atoms with E-state index in [4.69, 9.17) is 0 Å². The molecular weight excluding hydrogens is 379 g/mol. The molecule has 0 radical (unpaired) electrons. The number of carbonyl (C=O) groups excluding carboxylic acids is 1. The van der Waals surface area contributed by atoms with Gasteiger partial charge in [0.2, 0.25) is 5.91 Å². The minimum Gasteiger partial charge on any atom is -0.342 e. The van der Waals surface area contributed by atoms with Crippen LogP contribution in [-0.2, 0) is 17.4 Å². The maximum atomic E-state index is 13.3. The van der Waals surface area contributed by atoms with E-state index >= 15 is 0 Å². The number of likely N-dealkylation sites (tertiary alicyclic amines) is 1. The number of carbonyl (C=O) groups is 1. The van der Waals surface area contributed by atoms with Crippen molar-refractivity contribution in [2.75, 3.05) is 13.1 Å². The van der Waals surface area contributed by atoms with Gasteiger partial charge in [-0.3, -0.25) is 4.79 Å². The highest BCUT2D eigenvalue weighted by molar-refractivity contribution is 7.08. The van der Waals surface area contributed by atoms with Crippen molar-refractivity contribution in [1.82, 2.24) is 24.5 Å². The Morgan fingerprint density at radius 3 is 2.74 bits per heavy atom. The lowest BCUT2D eigenvalue weighted by atomic mass is 9.92. The molecule has 1 saturated heterocycles. The van der Waals surface area contributed by atoms with E-state index in [0.717, 1.165) is 18.0 Å². The molecule has 0 unspecified atom stereocenters. The van der Waals surface area contributed by atoms with E-state index in [0.29, 0.717) is 42.6 Å². The third-order valence-electron chi connectivity index (χ3n) is 4.76. The summed E-state index contributed by atoms with van der Waals surface area (Å²) >= 11 is 1.55. The second-order valence-corrected chi connectivity index (χ2v) is 7.28. The lowest BCUT2D eigenvalue weighted by Gasteiger charge is -2.32. The number of thiophene rings is 1. The van der Waals surface area contributed by atoms with Gasteiger partial charge in [-0.2, -0.15) is 39.1 Å². The van der Waals surface area contributed by atoms with Crippen LogP contribution in [0, 0.1) is 0 Å². The normalized spacial score (nSPS) is 16.2. The van der Waals surface area contributed by atoms with Crippen molar-refractivity contribution in [3.05, 3.63) is 46.2 Å². The highest BCUT2D eigenvalue weighted by atomic mass is 32.1. The molecule has 142 valence electrons. The van der Waals surface area contributed by atoms with Crippen molar-refractivity contribution < 1.29 is 18.0 Å². The van der Waals surface area contributed by atoms with E-state index in [1.807, 2.05) is 16.8 Å². The molecule has 1 aliphatic heterocycles. The molecule has 0 aromatic carbocycles. The van der Waals surface area contributed by atoms with Crippen molar-refractivity contribution in [3.63, 3.8) is 0 Å². The number of nitrogens with zero attached hydrogens (tertiary/aromatic N) is 5. The van der Waals surface area contributed by atoms with Crippen LogP contribution in [0.5, 0.6) is 0 Å². The fourth-order valence-electron chi connectivity index (χ4n) is 3.35. The summed E-state index contributed by atoms with van der Waals surface area (Å²) in [7, 11) is 0. The molecule has 3 aromatic heterocycles. The first-order valence-electron chi connectivity index (χ1n) is 8.48. The number of piperidine rings is 1. The van der Waals surface area contributed by atoms with Gasteiger partial charge >= 0.3 is 6.18 Å². The van der Waals surface area contributed by atoms with Crippen LogP contribution in [0.1, 0.15) is 35.7 Å². The molecule has 1 aliphatic rings. The number of fused-ring (bicyclic) bond motifs is 1. The zero-order chi connectivity index (χ0) is 19.0. The fourth-order valence-corrected chi connectivity index (χ4v) is 4.01. The standard InChI is InChI=1S/C17H16F3N5OS/c18-17(19,20)14-8-13(23-16-21-10-22-25(14)16)12-1-4-24(5-2-12)15(26)7-11-3-6-27-9-11/h3,6,8-10,12H,1-2,4-5,7H2. The molecule has 1 fully saturated rings. The SMILES string of the molecule is O=C(Cc1ccsc1)N1CCC(c2cc(C(F)(F)F)n3ncnc3n2)CC1. The van der Waals surface area contributed by atoms with Crippen LogP contribution in [0.3, 0.4) is 0 Å². The molecule has 4 rings (SSSR count). The van der Waals surface area contributed by atoms with Crippen molar-refractivity contribution in [1.29, 1.82) is 0 Å². The zero-order valence-electron chi connectivity index (χ0n) is 14.2. The van der Waals surface area contributed by atoms with Crippen molar-refractivity contribution in [3.8, 4) is 0 Å². The molecular formula is C17H16F3N5OS. The summed E-state index contributed by atoms with van der Waals surface area (Å²) in [4.78, 5) is 22.2. The largest absolute Gasteiger partial charge is 0.433 e. The smallest absolute Gasteiger partial charge is 0.342 e. The number of hydrogen-bond acceptors (Lipinski definition) is 5. The number of amides is 1. The van der Waals surface area contributed by atoms with Gasteiger partial charge in [-0.05, 0) is 41.3 Å². The summed E-state index contributed by atoms with van der Waals surface area (Å²) < 4.78 is 40.7. The third kappa shape index (κ3) is 3.66. The van der Waals surface area contributed by atoms with Crippen LogP contribution in [0.15, 0.2) is 29.2 Å². The molecule has 0 N–H and O–H groups in total. The summed E-state index contributed by atoms with van der Waals surface area (Å²) in [5.41, 5.74) is 0.463. The average Bonchev–Trinajstić information content (AvgIpc) is 3.31. The topological polar surface area (TPSA) is 63.4 Å². The average molecular weight is 395 g/mol. The van der Waals surface area contributed by atoms with E-state index < -0.39 is 11.9 Å². The van der Waals surface area contributed by atoms with Gasteiger partial charge in [-0.15, -0.1) is 0 Å². The second kappa shape index (κ2) is 6.91. The highest BCUT2D eigenvalue weighted by Gasteiger charge is 2.36. The van der Waals surface area contributed by atoms with Gasteiger partial charge < -0.3 is 4.90 Å². The minimum atomic E-state index is -4.54. The maximum absolute atomic E-state index is 13.3. The summed E-state index contributed by atoms with van der Waals surface area (Å²) in [5.74, 6) is -0.155. The summed E-state index contributed by atoms with van der Waals surface area (Å²) in [6, 6.07) is 2.97. The van der Waals surface area contributed by atoms with E-state index in [2.05, 4.69) is 15.1 Å². The van der Waals surface area contributed by atoms with E-state index in [9.17, 15) is 18.0 Å². The van der Waals surface area contributed by atoms with Gasteiger partial charge in [0.1, 0.15) is 6.33 Å². The van der Waals surface area contributed by atoms with Gasteiger partial charge in [0, 0.05) is 24.7 Å². The van der Waals surface area contributed by atoms with E-state index in [1.165, 1.54) is 0 Å². The predicted molar refractivity (Wildman–Crippen MR) is 92.4 cm³/mol. The second-order valence-electron chi connectivity index (χ2n) is 6.50. The number of aromatic nitrogens is 4. The van der Waals surface area contributed by atoms with Gasteiger partial charge in [0.05, 0.1) is 6.42 Å². The van der Waals surface area contributed by atoms with Crippen molar-refractivity contribution in [2.24, 2.45) is 0 Å². The molecule has 10 heteroatoms. The predicted octanol–water partition coefficient (Wildman–Crippen LogP) is 3.15. The fraction of sp³-hybridized carbons (Fsp3) is 0.412. The third-order valence-corrected chi connectivity index (χ3v) is 5.50. The Hall–Kier alpha value is -2.49. The number of hydrogen-bond donors (Lipinski definition) is 0. The van der Waals surface area contributed by atoms with Crippen molar-refractivity contribution >= 4 is 23.0 Å². The van der Waals surface area contributed by atoms with Crippen LogP contribution in [-0.4, -0.2) is 43.5 Å². The molecule has 0 bridgehead atoms. The molecule has 0 saturated carbocycles. The Balaban J connectivity index is 1.49. The molecule has 1 amide bonds. The Morgan fingerprint density at radius 2 is 2.07 bits per heavy atom. The summed E-state index contributed by atoms with van der Waals surface area (Å²) in [5, 5.41) is 7.49. The lowest BCUT2D eigenvalue weighted by molar-refractivity contribution is -0.142. The Bertz CT molecular complexity index is 945. The van der Waals surface area contributed by atoms with E-state index in [1.54, 1.807) is 16.2 Å². The van der Waals surface area contributed by atoms with Crippen LogP contribution in [0.2, 0.25) is 0 Å². The first-order valence-corrected chi connectivity index (χ1v) is 9.43. The lowest BCUT2D eigenvalue weighted by Crippen LogP contribution is -2.39. The minimum absolute atomic E-state index is 0.0451. The molecule has 3 aromatic rings. The highest BCUT2D eigenvalue weighted by Crippen LogP contribution is 2.33. The molecule has 0 aliphatic carbocycles.